The molecule has 0 saturated carbocycles. The molecule has 2 heterocycles. The van der Waals surface area contributed by atoms with Crippen molar-refractivity contribution in [3.05, 3.63) is 103 Å². The molecule has 9 heteroatoms. The number of rotatable bonds is 14. The highest BCUT2D eigenvalue weighted by Gasteiger charge is 2.23. The van der Waals surface area contributed by atoms with Gasteiger partial charge in [0.1, 0.15) is 36.5 Å². The van der Waals surface area contributed by atoms with E-state index in [9.17, 15) is 4.39 Å². The van der Waals surface area contributed by atoms with Crippen LogP contribution < -0.4 is 15.2 Å². The number of nitrogen functional groups attached to an aromatic ring is 1. The maximum absolute atomic E-state index is 14.1. The summed E-state index contributed by atoms with van der Waals surface area (Å²) in [6, 6.07) is 17.0. The Hall–Kier alpha value is -3.95. The number of nitrogens with two attached hydrogens (primary N) is 1. The molecule has 0 spiro atoms. The normalized spacial score (nSPS) is 12.2. The predicted octanol–water partition coefficient (Wildman–Crippen LogP) is 7.27. The van der Waals surface area contributed by atoms with Crippen molar-refractivity contribution >= 4 is 13.8 Å². The van der Waals surface area contributed by atoms with E-state index in [-0.39, 0.29) is 11.7 Å². The summed E-state index contributed by atoms with van der Waals surface area (Å²) in [5.74, 6) is 1.64. The molecule has 0 bridgehead atoms. The van der Waals surface area contributed by atoms with Crippen LogP contribution in [0, 0.1) is 5.82 Å². The highest BCUT2D eigenvalue weighted by atomic mass is 28.3. The first-order valence-corrected chi connectivity index (χ1v) is 17.4. The van der Waals surface area contributed by atoms with E-state index in [1.165, 1.54) is 12.1 Å². The van der Waals surface area contributed by atoms with Crippen molar-refractivity contribution in [2.75, 3.05) is 19.5 Å². The van der Waals surface area contributed by atoms with Gasteiger partial charge in [0.15, 0.2) is 0 Å². The molecular formula is C32H39FN4O3Si. The zero-order valence-corrected chi connectivity index (χ0v) is 25.3. The van der Waals surface area contributed by atoms with Crippen LogP contribution in [0.15, 0.2) is 79.6 Å². The number of pyridine rings is 1. The molecule has 0 radical (unpaired) electrons. The fourth-order valence-electron chi connectivity index (χ4n) is 4.33. The van der Waals surface area contributed by atoms with Crippen LogP contribution in [0.2, 0.25) is 25.7 Å². The molecule has 2 N–H and O–H groups in total. The molecule has 0 aliphatic rings. The standard InChI is InChI=1S/C32H39FN4O3Si/c1-6-7-27(30-15-13-26(19-35-30)40-21-23-8-11-25(38-2)12-9-23)32-36-31(28-18-24(33)10-14-29(28)34)20-37(32)22-39-16-17-41(3,4)5/h6,8-15,18-20,27H,1,7,16-17,21-22,34H2,2-5H3. The molecule has 1 atom stereocenters. The summed E-state index contributed by atoms with van der Waals surface area (Å²) in [4.78, 5) is 9.66. The number of nitrogens with zero attached hydrogens (tertiary/aromatic N) is 3. The van der Waals surface area contributed by atoms with Crippen LogP contribution in [0.3, 0.4) is 0 Å². The quantitative estimate of drug-likeness (QED) is 0.0738. The van der Waals surface area contributed by atoms with Crippen LogP contribution in [-0.4, -0.2) is 36.3 Å². The molecule has 0 amide bonds. The van der Waals surface area contributed by atoms with Gasteiger partial charge in [-0.05, 0) is 60.5 Å². The highest BCUT2D eigenvalue weighted by molar-refractivity contribution is 6.76. The molecule has 0 aliphatic carbocycles. The Balaban J connectivity index is 1.59. The van der Waals surface area contributed by atoms with Gasteiger partial charge in [-0.1, -0.05) is 37.8 Å². The molecule has 4 aromatic rings. The lowest BCUT2D eigenvalue weighted by Gasteiger charge is -2.19. The zero-order valence-electron chi connectivity index (χ0n) is 24.3. The first-order valence-electron chi connectivity index (χ1n) is 13.7. The van der Waals surface area contributed by atoms with Gasteiger partial charge in [-0.15, -0.1) is 6.58 Å². The molecule has 1 unspecified atom stereocenters. The largest absolute Gasteiger partial charge is 0.497 e. The first kappa shape index (κ1) is 30.0. The summed E-state index contributed by atoms with van der Waals surface area (Å²) >= 11 is 0. The molecule has 2 aromatic carbocycles. The summed E-state index contributed by atoms with van der Waals surface area (Å²) in [5.41, 5.74) is 9.63. The molecule has 216 valence electrons. The number of halogens is 1. The third-order valence-electron chi connectivity index (χ3n) is 6.72. The molecule has 2 aromatic heterocycles. The molecule has 0 fully saturated rings. The number of anilines is 1. The average Bonchev–Trinajstić information content (AvgIpc) is 3.38. The van der Waals surface area contributed by atoms with Gasteiger partial charge in [0.2, 0.25) is 0 Å². The number of benzene rings is 2. The number of hydrogen-bond acceptors (Lipinski definition) is 6. The van der Waals surface area contributed by atoms with Crippen molar-refractivity contribution in [3.63, 3.8) is 0 Å². The monoisotopic (exact) mass is 574 g/mol. The van der Waals surface area contributed by atoms with Crippen LogP contribution in [0.1, 0.15) is 29.4 Å². The van der Waals surface area contributed by atoms with E-state index >= 15 is 0 Å². The van der Waals surface area contributed by atoms with Crippen molar-refractivity contribution in [2.24, 2.45) is 0 Å². The molecule has 41 heavy (non-hydrogen) atoms. The van der Waals surface area contributed by atoms with E-state index in [0.29, 0.717) is 49.1 Å². The van der Waals surface area contributed by atoms with E-state index in [2.05, 4.69) is 26.2 Å². The van der Waals surface area contributed by atoms with Crippen LogP contribution >= 0.6 is 0 Å². The lowest BCUT2D eigenvalue weighted by molar-refractivity contribution is 0.0846. The predicted molar refractivity (Wildman–Crippen MR) is 164 cm³/mol. The fourth-order valence-corrected chi connectivity index (χ4v) is 5.09. The first-order chi connectivity index (χ1) is 19.7. The third-order valence-corrected chi connectivity index (χ3v) is 8.42. The Morgan fingerprint density at radius 3 is 2.49 bits per heavy atom. The molecule has 0 saturated heterocycles. The summed E-state index contributed by atoms with van der Waals surface area (Å²) in [6.45, 7) is 12.3. The van der Waals surface area contributed by atoms with Gasteiger partial charge in [-0.3, -0.25) is 4.98 Å². The SMILES string of the molecule is C=CCC(c1ccc(OCc2ccc(OC)cc2)cn1)c1nc(-c2cc(F)ccc2N)cn1COCC[Si](C)(C)C. The number of imidazole rings is 1. The Kier molecular flexibility index (Phi) is 9.96. The summed E-state index contributed by atoms with van der Waals surface area (Å²) in [6.07, 6.45) is 6.04. The summed E-state index contributed by atoms with van der Waals surface area (Å²) in [7, 11) is 0.398. The topological polar surface area (TPSA) is 84.4 Å². The van der Waals surface area contributed by atoms with E-state index in [4.69, 9.17) is 29.9 Å². The van der Waals surface area contributed by atoms with Crippen molar-refractivity contribution in [2.45, 2.75) is 51.4 Å². The Bertz CT molecular complexity index is 1430. The van der Waals surface area contributed by atoms with Gasteiger partial charge >= 0.3 is 0 Å². The Morgan fingerprint density at radius 1 is 1.07 bits per heavy atom. The fraction of sp³-hybridized carbons (Fsp3) is 0.312. The average molecular weight is 575 g/mol. The van der Waals surface area contributed by atoms with Crippen molar-refractivity contribution in [1.82, 2.24) is 14.5 Å². The van der Waals surface area contributed by atoms with Crippen molar-refractivity contribution in [1.29, 1.82) is 0 Å². The Morgan fingerprint density at radius 2 is 1.83 bits per heavy atom. The van der Waals surface area contributed by atoms with Gasteiger partial charge in [0.05, 0.1) is 30.6 Å². The molecular weight excluding hydrogens is 535 g/mol. The van der Waals surface area contributed by atoms with Gasteiger partial charge in [0.25, 0.3) is 0 Å². The second-order valence-corrected chi connectivity index (χ2v) is 16.8. The van der Waals surface area contributed by atoms with Gasteiger partial charge in [-0.2, -0.15) is 0 Å². The maximum atomic E-state index is 14.1. The minimum absolute atomic E-state index is 0.202. The zero-order chi connectivity index (χ0) is 29.4. The minimum Gasteiger partial charge on any atom is -0.497 e. The molecule has 7 nitrogen and oxygen atoms in total. The molecule has 0 aliphatic heterocycles. The van der Waals surface area contributed by atoms with Crippen molar-refractivity contribution < 1.29 is 18.6 Å². The van der Waals surface area contributed by atoms with Crippen LogP contribution in [0.5, 0.6) is 11.5 Å². The van der Waals surface area contributed by atoms with E-state index in [1.807, 2.05) is 53.2 Å². The molecule has 4 rings (SSSR count). The summed E-state index contributed by atoms with van der Waals surface area (Å²) in [5, 5.41) is 0. The van der Waals surface area contributed by atoms with Gasteiger partial charge in [0, 0.05) is 32.1 Å². The number of methoxy groups -OCH3 is 1. The lowest BCUT2D eigenvalue weighted by Crippen LogP contribution is -2.22. The number of hydrogen-bond donors (Lipinski definition) is 1. The van der Waals surface area contributed by atoms with Crippen LogP contribution in [-0.2, 0) is 18.1 Å². The summed E-state index contributed by atoms with van der Waals surface area (Å²) < 4.78 is 33.4. The van der Waals surface area contributed by atoms with E-state index in [0.717, 1.165) is 28.9 Å². The number of aromatic nitrogens is 3. The highest BCUT2D eigenvalue weighted by Crippen LogP contribution is 2.32. The lowest BCUT2D eigenvalue weighted by atomic mass is 9.99. The minimum atomic E-state index is -1.24. The van der Waals surface area contributed by atoms with Crippen molar-refractivity contribution in [3.8, 4) is 22.8 Å². The third kappa shape index (κ3) is 8.28. The second kappa shape index (κ2) is 13.6. The number of allylic oxidation sites excluding steroid dienone is 1. The van der Waals surface area contributed by atoms with Crippen LogP contribution in [0.25, 0.3) is 11.3 Å². The van der Waals surface area contributed by atoms with Gasteiger partial charge in [-0.25, -0.2) is 9.37 Å². The second-order valence-electron chi connectivity index (χ2n) is 11.2. The number of ether oxygens (including phenoxy) is 3. The van der Waals surface area contributed by atoms with E-state index < -0.39 is 8.07 Å². The maximum Gasteiger partial charge on any atom is 0.138 e. The smallest absolute Gasteiger partial charge is 0.138 e. The van der Waals surface area contributed by atoms with E-state index in [1.54, 1.807) is 19.4 Å². The van der Waals surface area contributed by atoms with Crippen LogP contribution in [0.4, 0.5) is 10.1 Å². The van der Waals surface area contributed by atoms with Gasteiger partial charge < -0.3 is 24.5 Å². The Labute approximate surface area is 242 Å².